The molecule has 2 N–H and O–H groups in total. The number of ether oxygens (including phenoxy) is 1. The number of aromatic nitrogens is 1. The highest BCUT2D eigenvalue weighted by Gasteiger charge is 2.17. The number of hydrogen-bond donors (Lipinski definition) is 2. The fraction of sp³-hybridized carbons (Fsp3) is 0.391. The van der Waals surface area contributed by atoms with Gasteiger partial charge in [0.15, 0.2) is 0 Å². The van der Waals surface area contributed by atoms with E-state index in [4.69, 9.17) is 4.74 Å². The van der Waals surface area contributed by atoms with Gasteiger partial charge in [0.05, 0.1) is 6.61 Å². The molecule has 2 aromatic rings. The Bertz CT molecular complexity index is 858. The van der Waals surface area contributed by atoms with Crippen LogP contribution in [-0.2, 0) is 0 Å². The van der Waals surface area contributed by atoms with Crippen molar-refractivity contribution in [2.45, 2.75) is 26.7 Å². The summed E-state index contributed by atoms with van der Waals surface area (Å²) in [6.07, 6.45) is 5.61. The number of benzene rings is 1. The first-order chi connectivity index (χ1) is 14.1. The van der Waals surface area contributed by atoms with Crippen molar-refractivity contribution in [2.75, 3.05) is 32.8 Å². The number of carbonyl (C=O) groups excluding carboxylic acids is 1. The Kier molecular flexibility index (Phi) is 7.25. The lowest BCUT2D eigenvalue weighted by Gasteiger charge is -2.18. The Morgan fingerprint density at radius 2 is 2.03 bits per heavy atom. The maximum atomic E-state index is 12.5. The van der Waals surface area contributed by atoms with Gasteiger partial charge >= 0.3 is 0 Å². The minimum absolute atomic E-state index is 0.0662. The number of rotatable bonds is 4. The van der Waals surface area contributed by atoms with Crippen LogP contribution in [0.25, 0.3) is 5.57 Å². The molecule has 3 rings (SSSR count). The predicted molar refractivity (Wildman–Crippen MR) is 114 cm³/mol. The molecule has 0 aliphatic carbocycles. The average Bonchev–Trinajstić information content (AvgIpc) is 2.78. The molecule has 2 heterocycles. The van der Waals surface area contributed by atoms with Gasteiger partial charge in [0.25, 0.3) is 5.91 Å². The third-order valence-corrected chi connectivity index (χ3v) is 5.02. The van der Waals surface area contributed by atoms with Crippen LogP contribution in [0.2, 0.25) is 0 Å². The molecule has 0 spiro atoms. The highest BCUT2D eigenvalue weighted by atomic mass is 16.5. The maximum Gasteiger partial charge on any atom is 0.272 e. The highest BCUT2D eigenvalue weighted by molar-refractivity contribution is 5.93. The normalized spacial score (nSPS) is 16.6. The van der Waals surface area contributed by atoms with E-state index in [1.807, 2.05) is 19.9 Å². The largest absolute Gasteiger partial charge is 0.508 e. The topological polar surface area (TPSA) is 74.7 Å². The number of amides is 1. The van der Waals surface area contributed by atoms with Gasteiger partial charge in [-0.3, -0.25) is 9.78 Å². The Hall–Kier alpha value is -2.86. The summed E-state index contributed by atoms with van der Waals surface area (Å²) >= 11 is 0. The summed E-state index contributed by atoms with van der Waals surface area (Å²) in [4.78, 5) is 18.7. The molecule has 6 heteroatoms. The van der Waals surface area contributed by atoms with E-state index in [2.05, 4.69) is 16.4 Å². The fourth-order valence-corrected chi connectivity index (χ4v) is 3.41. The predicted octanol–water partition coefficient (Wildman–Crippen LogP) is 3.46. The molecule has 29 heavy (non-hydrogen) atoms. The van der Waals surface area contributed by atoms with E-state index >= 15 is 0 Å². The van der Waals surface area contributed by atoms with Crippen LogP contribution >= 0.6 is 0 Å². The first-order valence-corrected chi connectivity index (χ1v) is 10.3. The van der Waals surface area contributed by atoms with Crippen LogP contribution in [0.4, 0.5) is 0 Å². The molecule has 0 saturated carbocycles. The monoisotopic (exact) mass is 395 g/mol. The minimum atomic E-state index is -0.0662. The van der Waals surface area contributed by atoms with E-state index in [0.29, 0.717) is 25.4 Å². The van der Waals surface area contributed by atoms with Gasteiger partial charge in [-0.05, 0) is 69.6 Å². The number of pyridine rings is 1. The number of nitrogens with one attached hydrogen (secondary N) is 1. The smallest absolute Gasteiger partial charge is 0.272 e. The van der Waals surface area contributed by atoms with Crippen LogP contribution in [-0.4, -0.2) is 53.7 Å². The third kappa shape index (κ3) is 5.15. The quantitative estimate of drug-likeness (QED) is 0.829. The SMILES string of the molecule is CCN(CC)C(=O)c1ccc(/C2=C/CCNCCCOc3ccc(O)cc32)cn1. The van der Waals surface area contributed by atoms with E-state index in [1.54, 1.807) is 35.4 Å². The zero-order valence-corrected chi connectivity index (χ0v) is 17.1. The van der Waals surface area contributed by atoms with Crippen molar-refractivity contribution in [3.05, 3.63) is 59.4 Å². The van der Waals surface area contributed by atoms with Crippen LogP contribution in [0.15, 0.2) is 42.6 Å². The second kappa shape index (κ2) is 10.1. The summed E-state index contributed by atoms with van der Waals surface area (Å²) in [5.41, 5.74) is 3.09. The molecule has 0 atom stereocenters. The summed E-state index contributed by atoms with van der Waals surface area (Å²) in [6.45, 7) is 7.60. The zero-order valence-electron chi connectivity index (χ0n) is 17.1. The van der Waals surface area contributed by atoms with Gasteiger partial charge in [-0.2, -0.15) is 0 Å². The molecular formula is C23H29N3O3. The lowest BCUT2D eigenvalue weighted by molar-refractivity contribution is 0.0767. The molecule has 0 fully saturated rings. The number of aromatic hydroxyl groups is 1. The molecule has 0 radical (unpaired) electrons. The lowest BCUT2D eigenvalue weighted by atomic mass is 9.96. The minimum Gasteiger partial charge on any atom is -0.508 e. The fourth-order valence-electron chi connectivity index (χ4n) is 3.41. The van der Waals surface area contributed by atoms with E-state index in [-0.39, 0.29) is 11.7 Å². The lowest BCUT2D eigenvalue weighted by Crippen LogP contribution is -2.31. The van der Waals surface area contributed by atoms with Crippen molar-refractivity contribution in [3.63, 3.8) is 0 Å². The van der Waals surface area contributed by atoms with Crippen LogP contribution in [0.1, 0.15) is 48.3 Å². The summed E-state index contributed by atoms with van der Waals surface area (Å²) in [6, 6.07) is 8.84. The number of phenolic OH excluding ortho intramolecular Hbond substituents is 1. The molecule has 1 amide bonds. The highest BCUT2D eigenvalue weighted by Crippen LogP contribution is 2.34. The Morgan fingerprint density at radius 3 is 2.76 bits per heavy atom. The second-order valence-electron chi connectivity index (χ2n) is 6.95. The van der Waals surface area contributed by atoms with Crippen LogP contribution in [0.5, 0.6) is 11.5 Å². The number of hydrogen-bond acceptors (Lipinski definition) is 5. The van der Waals surface area contributed by atoms with E-state index in [0.717, 1.165) is 48.4 Å². The van der Waals surface area contributed by atoms with Gasteiger partial charge in [0.2, 0.25) is 0 Å². The van der Waals surface area contributed by atoms with Crippen molar-refractivity contribution in [3.8, 4) is 11.5 Å². The second-order valence-corrected chi connectivity index (χ2v) is 6.95. The van der Waals surface area contributed by atoms with E-state index in [1.165, 1.54) is 0 Å². The number of nitrogens with zero attached hydrogens (tertiary/aromatic N) is 2. The van der Waals surface area contributed by atoms with Crippen molar-refractivity contribution in [2.24, 2.45) is 0 Å². The standard InChI is InChI=1S/C23H29N3O3/c1-3-26(4-2)23(28)21-10-8-17(16-25-21)19-7-5-12-24-13-6-14-29-22-11-9-18(27)15-20(19)22/h7-11,15-16,24,27H,3-6,12-14H2,1-2H3/b19-7-. The van der Waals surface area contributed by atoms with Crippen molar-refractivity contribution < 1.29 is 14.6 Å². The van der Waals surface area contributed by atoms with E-state index in [9.17, 15) is 9.90 Å². The van der Waals surface area contributed by atoms with Crippen molar-refractivity contribution >= 4 is 11.5 Å². The first kappa shape index (κ1) is 20.9. The molecule has 6 nitrogen and oxygen atoms in total. The van der Waals surface area contributed by atoms with Gasteiger partial charge in [-0.1, -0.05) is 12.1 Å². The van der Waals surface area contributed by atoms with Gasteiger partial charge in [-0.25, -0.2) is 0 Å². The molecule has 0 bridgehead atoms. The molecule has 154 valence electrons. The molecular weight excluding hydrogens is 366 g/mol. The molecule has 0 saturated heterocycles. The Balaban J connectivity index is 1.98. The molecule has 1 aliphatic heterocycles. The molecule has 0 unspecified atom stereocenters. The van der Waals surface area contributed by atoms with Gasteiger partial charge in [0, 0.05) is 30.4 Å². The first-order valence-electron chi connectivity index (χ1n) is 10.3. The van der Waals surface area contributed by atoms with Crippen LogP contribution in [0.3, 0.4) is 0 Å². The maximum absolute atomic E-state index is 12.5. The summed E-state index contributed by atoms with van der Waals surface area (Å²) < 4.78 is 5.98. The van der Waals surface area contributed by atoms with E-state index < -0.39 is 0 Å². The molecule has 1 aromatic heterocycles. The van der Waals surface area contributed by atoms with Gasteiger partial charge < -0.3 is 20.1 Å². The van der Waals surface area contributed by atoms with Crippen molar-refractivity contribution in [1.29, 1.82) is 0 Å². The molecule has 1 aromatic carbocycles. The number of carbonyl (C=O) groups is 1. The van der Waals surface area contributed by atoms with Gasteiger partial charge in [-0.15, -0.1) is 0 Å². The summed E-state index contributed by atoms with van der Waals surface area (Å²) in [5.74, 6) is 0.857. The third-order valence-electron chi connectivity index (χ3n) is 5.02. The Morgan fingerprint density at radius 1 is 1.21 bits per heavy atom. The number of fused-ring (bicyclic) bond motifs is 1. The van der Waals surface area contributed by atoms with Gasteiger partial charge in [0.1, 0.15) is 17.2 Å². The van der Waals surface area contributed by atoms with Crippen LogP contribution < -0.4 is 10.1 Å². The summed E-state index contributed by atoms with van der Waals surface area (Å²) in [5, 5.41) is 13.5. The number of phenols is 1. The van der Waals surface area contributed by atoms with Crippen LogP contribution in [0, 0.1) is 0 Å². The Labute approximate surface area is 172 Å². The zero-order chi connectivity index (χ0) is 20.6. The molecule has 1 aliphatic rings. The summed E-state index contributed by atoms with van der Waals surface area (Å²) in [7, 11) is 0. The van der Waals surface area contributed by atoms with Crippen molar-refractivity contribution in [1.82, 2.24) is 15.2 Å². The average molecular weight is 396 g/mol.